The van der Waals surface area contributed by atoms with Crippen molar-refractivity contribution in [3.63, 3.8) is 0 Å². The Labute approximate surface area is 62.6 Å². The second-order valence-corrected chi connectivity index (χ2v) is 3.18. The zero-order valence-corrected chi connectivity index (χ0v) is 6.69. The van der Waals surface area contributed by atoms with Crippen molar-refractivity contribution in [2.75, 3.05) is 13.2 Å². The summed E-state index contributed by atoms with van der Waals surface area (Å²) in [6, 6.07) is 0. The third-order valence-electron chi connectivity index (χ3n) is 2.56. The average molecular weight is 143 g/mol. The van der Waals surface area contributed by atoms with Crippen LogP contribution in [0.5, 0.6) is 0 Å². The van der Waals surface area contributed by atoms with Crippen LogP contribution >= 0.6 is 0 Å². The smallest absolute Gasteiger partial charge is 0.0613 e. The van der Waals surface area contributed by atoms with E-state index in [-0.39, 0.29) is 5.54 Å². The molecule has 2 nitrogen and oxygen atoms in total. The first-order valence-corrected chi connectivity index (χ1v) is 4.19. The van der Waals surface area contributed by atoms with Crippen LogP contribution in [-0.2, 0) is 0 Å². The molecule has 2 N–H and O–H groups in total. The van der Waals surface area contributed by atoms with Gasteiger partial charge in [-0.05, 0) is 25.8 Å². The SMILES string of the molecule is CCC1(CO)CCCCN1. The largest absolute Gasteiger partial charge is 0.394 e. The molecule has 1 saturated heterocycles. The Kier molecular flexibility index (Phi) is 2.69. The summed E-state index contributed by atoms with van der Waals surface area (Å²) < 4.78 is 0. The standard InChI is InChI=1S/C8H17NO/c1-2-8(7-10)5-3-4-6-9-8/h9-10H,2-7H2,1H3. The van der Waals surface area contributed by atoms with E-state index < -0.39 is 0 Å². The van der Waals surface area contributed by atoms with Crippen molar-refractivity contribution in [2.45, 2.75) is 38.1 Å². The minimum Gasteiger partial charge on any atom is -0.394 e. The number of aliphatic hydroxyl groups excluding tert-OH is 1. The van der Waals surface area contributed by atoms with Gasteiger partial charge in [0.1, 0.15) is 0 Å². The Balaban J connectivity index is 2.44. The number of aliphatic hydroxyl groups is 1. The van der Waals surface area contributed by atoms with E-state index in [9.17, 15) is 0 Å². The lowest BCUT2D eigenvalue weighted by Gasteiger charge is -2.35. The van der Waals surface area contributed by atoms with Crippen LogP contribution in [0, 0.1) is 0 Å². The lowest BCUT2D eigenvalue weighted by molar-refractivity contribution is 0.128. The molecule has 0 amide bonds. The van der Waals surface area contributed by atoms with E-state index >= 15 is 0 Å². The summed E-state index contributed by atoms with van der Waals surface area (Å²) in [5.74, 6) is 0. The van der Waals surface area contributed by atoms with Crippen LogP contribution in [-0.4, -0.2) is 23.8 Å². The van der Waals surface area contributed by atoms with Gasteiger partial charge < -0.3 is 10.4 Å². The maximum Gasteiger partial charge on any atom is 0.0613 e. The maximum atomic E-state index is 9.08. The van der Waals surface area contributed by atoms with Gasteiger partial charge in [-0.25, -0.2) is 0 Å². The summed E-state index contributed by atoms with van der Waals surface area (Å²) in [7, 11) is 0. The Hall–Kier alpha value is -0.0800. The van der Waals surface area contributed by atoms with E-state index in [0.29, 0.717) is 6.61 Å². The van der Waals surface area contributed by atoms with Gasteiger partial charge in [0.25, 0.3) is 0 Å². The normalized spacial score (nSPS) is 34.2. The molecule has 1 atom stereocenters. The zero-order chi connectivity index (χ0) is 7.45. The van der Waals surface area contributed by atoms with Crippen molar-refractivity contribution in [3.05, 3.63) is 0 Å². The van der Waals surface area contributed by atoms with Gasteiger partial charge in [-0.15, -0.1) is 0 Å². The fourth-order valence-corrected chi connectivity index (χ4v) is 1.58. The molecule has 1 aliphatic heterocycles. The van der Waals surface area contributed by atoms with Crippen molar-refractivity contribution in [1.82, 2.24) is 5.32 Å². The minimum atomic E-state index is 0.0677. The van der Waals surface area contributed by atoms with Gasteiger partial charge >= 0.3 is 0 Å². The molecule has 0 aromatic rings. The lowest BCUT2D eigenvalue weighted by atomic mass is 9.87. The number of hydrogen-bond donors (Lipinski definition) is 2. The molecule has 2 heteroatoms. The number of nitrogens with one attached hydrogen (secondary N) is 1. The van der Waals surface area contributed by atoms with Gasteiger partial charge in [0.15, 0.2) is 0 Å². The molecule has 0 radical (unpaired) electrons. The number of piperidine rings is 1. The molecular weight excluding hydrogens is 126 g/mol. The van der Waals surface area contributed by atoms with Crippen LogP contribution in [0.3, 0.4) is 0 Å². The van der Waals surface area contributed by atoms with Crippen molar-refractivity contribution < 1.29 is 5.11 Å². The molecule has 60 valence electrons. The molecule has 10 heavy (non-hydrogen) atoms. The third kappa shape index (κ3) is 1.50. The average Bonchev–Trinajstić information content (AvgIpc) is 2.06. The highest BCUT2D eigenvalue weighted by Crippen LogP contribution is 2.21. The minimum absolute atomic E-state index is 0.0677. The summed E-state index contributed by atoms with van der Waals surface area (Å²) in [5, 5.41) is 12.5. The topological polar surface area (TPSA) is 32.3 Å². The Morgan fingerprint density at radius 2 is 2.30 bits per heavy atom. The summed E-state index contributed by atoms with van der Waals surface area (Å²) >= 11 is 0. The van der Waals surface area contributed by atoms with Crippen LogP contribution in [0.2, 0.25) is 0 Å². The van der Waals surface area contributed by atoms with E-state index in [4.69, 9.17) is 5.11 Å². The first-order chi connectivity index (χ1) is 4.83. The monoisotopic (exact) mass is 143 g/mol. The van der Waals surface area contributed by atoms with E-state index in [1.165, 1.54) is 12.8 Å². The van der Waals surface area contributed by atoms with Crippen LogP contribution in [0.1, 0.15) is 32.6 Å². The molecule has 1 heterocycles. The maximum absolute atomic E-state index is 9.08. The molecule has 0 aromatic carbocycles. The molecule has 0 saturated carbocycles. The van der Waals surface area contributed by atoms with E-state index in [1.54, 1.807) is 0 Å². The molecule has 0 aromatic heterocycles. The third-order valence-corrected chi connectivity index (χ3v) is 2.56. The van der Waals surface area contributed by atoms with Crippen molar-refractivity contribution >= 4 is 0 Å². The Morgan fingerprint density at radius 1 is 1.50 bits per heavy atom. The predicted octanol–water partition coefficient (Wildman–Crippen LogP) is 0.901. The van der Waals surface area contributed by atoms with Gasteiger partial charge in [-0.1, -0.05) is 13.3 Å². The first kappa shape index (κ1) is 8.02. The van der Waals surface area contributed by atoms with Crippen LogP contribution in [0.4, 0.5) is 0 Å². The summed E-state index contributed by atoms with van der Waals surface area (Å²) in [6.07, 6.45) is 4.71. The summed E-state index contributed by atoms with van der Waals surface area (Å²) in [6.45, 7) is 3.51. The van der Waals surface area contributed by atoms with Gasteiger partial charge in [-0.2, -0.15) is 0 Å². The highest BCUT2D eigenvalue weighted by Gasteiger charge is 2.28. The zero-order valence-electron chi connectivity index (χ0n) is 6.69. The van der Waals surface area contributed by atoms with Gasteiger partial charge in [0.05, 0.1) is 6.61 Å². The highest BCUT2D eigenvalue weighted by molar-refractivity contribution is 4.88. The summed E-state index contributed by atoms with van der Waals surface area (Å²) in [4.78, 5) is 0. The van der Waals surface area contributed by atoms with Gasteiger partial charge in [0.2, 0.25) is 0 Å². The molecule has 1 aliphatic rings. The van der Waals surface area contributed by atoms with E-state index in [2.05, 4.69) is 12.2 Å². The van der Waals surface area contributed by atoms with Gasteiger partial charge in [0, 0.05) is 5.54 Å². The van der Waals surface area contributed by atoms with Crippen LogP contribution in [0.25, 0.3) is 0 Å². The van der Waals surface area contributed by atoms with Crippen molar-refractivity contribution in [1.29, 1.82) is 0 Å². The van der Waals surface area contributed by atoms with Crippen LogP contribution in [0.15, 0.2) is 0 Å². The molecule has 1 rings (SSSR count). The molecular formula is C8H17NO. The first-order valence-electron chi connectivity index (χ1n) is 4.19. The molecule has 0 spiro atoms. The molecule has 0 bridgehead atoms. The Morgan fingerprint density at radius 3 is 2.60 bits per heavy atom. The quantitative estimate of drug-likeness (QED) is 0.602. The fourth-order valence-electron chi connectivity index (χ4n) is 1.58. The van der Waals surface area contributed by atoms with Crippen molar-refractivity contribution in [2.24, 2.45) is 0 Å². The lowest BCUT2D eigenvalue weighted by Crippen LogP contribution is -2.50. The predicted molar refractivity (Wildman–Crippen MR) is 42.0 cm³/mol. The second-order valence-electron chi connectivity index (χ2n) is 3.18. The fraction of sp³-hybridized carbons (Fsp3) is 1.00. The highest BCUT2D eigenvalue weighted by atomic mass is 16.3. The second kappa shape index (κ2) is 3.35. The Bertz CT molecular complexity index is 91.4. The van der Waals surface area contributed by atoms with E-state index in [1.807, 2.05) is 0 Å². The molecule has 1 unspecified atom stereocenters. The molecule has 1 fully saturated rings. The van der Waals surface area contributed by atoms with Gasteiger partial charge in [-0.3, -0.25) is 0 Å². The van der Waals surface area contributed by atoms with Crippen LogP contribution < -0.4 is 5.32 Å². The van der Waals surface area contributed by atoms with Crippen molar-refractivity contribution in [3.8, 4) is 0 Å². The summed E-state index contributed by atoms with van der Waals surface area (Å²) in [5.41, 5.74) is 0.0677. The molecule has 0 aliphatic carbocycles. The number of hydrogen-bond acceptors (Lipinski definition) is 2. The number of rotatable bonds is 2. The van der Waals surface area contributed by atoms with E-state index in [0.717, 1.165) is 19.4 Å².